The van der Waals surface area contributed by atoms with Crippen LogP contribution in [0, 0.1) is 5.82 Å². The SMILES string of the molecule is CC(C)(C)c1ncc(OC2CC2)cc1F. The highest BCUT2D eigenvalue weighted by molar-refractivity contribution is 5.25. The van der Waals surface area contributed by atoms with E-state index in [1.54, 1.807) is 6.20 Å². The second kappa shape index (κ2) is 3.47. The van der Waals surface area contributed by atoms with Gasteiger partial charge in [-0.15, -0.1) is 0 Å². The van der Waals surface area contributed by atoms with Crippen molar-refractivity contribution in [2.24, 2.45) is 0 Å². The van der Waals surface area contributed by atoms with Crippen molar-refractivity contribution in [3.05, 3.63) is 23.8 Å². The first-order valence-electron chi connectivity index (χ1n) is 5.29. The highest BCUT2D eigenvalue weighted by atomic mass is 19.1. The highest BCUT2D eigenvalue weighted by Gasteiger charge is 2.25. The molecule has 0 radical (unpaired) electrons. The number of hydrogen-bond donors (Lipinski definition) is 0. The third-order valence-electron chi connectivity index (χ3n) is 2.35. The van der Waals surface area contributed by atoms with Gasteiger partial charge in [0.2, 0.25) is 0 Å². The number of pyridine rings is 1. The van der Waals surface area contributed by atoms with Gasteiger partial charge in [0.1, 0.15) is 11.6 Å². The van der Waals surface area contributed by atoms with E-state index >= 15 is 0 Å². The fraction of sp³-hybridized carbons (Fsp3) is 0.583. The average molecular weight is 209 g/mol. The molecular weight excluding hydrogens is 193 g/mol. The van der Waals surface area contributed by atoms with Gasteiger partial charge in [0, 0.05) is 11.5 Å². The molecule has 0 bridgehead atoms. The van der Waals surface area contributed by atoms with Gasteiger partial charge in [0.25, 0.3) is 0 Å². The Morgan fingerprint density at radius 2 is 2.07 bits per heavy atom. The summed E-state index contributed by atoms with van der Waals surface area (Å²) in [5.74, 6) is 0.267. The van der Waals surface area contributed by atoms with E-state index in [1.807, 2.05) is 20.8 Å². The Morgan fingerprint density at radius 3 is 2.53 bits per heavy atom. The summed E-state index contributed by atoms with van der Waals surface area (Å²) < 4.78 is 19.1. The second-order valence-electron chi connectivity index (χ2n) is 5.07. The lowest BCUT2D eigenvalue weighted by molar-refractivity contribution is 0.299. The summed E-state index contributed by atoms with van der Waals surface area (Å²) >= 11 is 0. The number of ether oxygens (including phenoxy) is 1. The van der Waals surface area contributed by atoms with Gasteiger partial charge in [-0.05, 0) is 12.8 Å². The summed E-state index contributed by atoms with van der Waals surface area (Å²) in [5.41, 5.74) is 0.230. The molecule has 1 aromatic heterocycles. The van der Waals surface area contributed by atoms with Crippen LogP contribution in [-0.4, -0.2) is 11.1 Å². The Kier molecular flexibility index (Phi) is 2.41. The third kappa shape index (κ3) is 2.46. The molecule has 0 N–H and O–H groups in total. The Hall–Kier alpha value is -1.12. The van der Waals surface area contributed by atoms with Crippen LogP contribution >= 0.6 is 0 Å². The van der Waals surface area contributed by atoms with Crippen LogP contribution in [0.2, 0.25) is 0 Å². The standard InChI is InChI=1S/C12H16FNO/c1-12(2,3)11-10(13)6-9(7-14-11)15-8-4-5-8/h6-8H,4-5H2,1-3H3. The van der Waals surface area contributed by atoms with Crippen LogP contribution in [-0.2, 0) is 5.41 Å². The molecule has 0 saturated heterocycles. The van der Waals surface area contributed by atoms with Crippen molar-refractivity contribution >= 4 is 0 Å². The van der Waals surface area contributed by atoms with Crippen molar-refractivity contribution in [3.63, 3.8) is 0 Å². The monoisotopic (exact) mass is 209 g/mol. The van der Waals surface area contributed by atoms with E-state index in [4.69, 9.17) is 4.74 Å². The van der Waals surface area contributed by atoms with Gasteiger partial charge in [-0.25, -0.2) is 4.39 Å². The van der Waals surface area contributed by atoms with Crippen molar-refractivity contribution in [3.8, 4) is 5.75 Å². The molecule has 2 rings (SSSR count). The minimum Gasteiger partial charge on any atom is -0.489 e. The minimum absolute atomic E-state index is 0.262. The van der Waals surface area contributed by atoms with Crippen LogP contribution < -0.4 is 4.74 Å². The van der Waals surface area contributed by atoms with E-state index in [-0.39, 0.29) is 17.3 Å². The summed E-state index contributed by atoms with van der Waals surface area (Å²) in [7, 11) is 0. The van der Waals surface area contributed by atoms with Crippen LogP contribution in [0.1, 0.15) is 39.3 Å². The topological polar surface area (TPSA) is 22.1 Å². The van der Waals surface area contributed by atoms with Gasteiger partial charge in [-0.1, -0.05) is 20.8 Å². The molecule has 0 amide bonds. The van der Waals surface area contributed by atoms with Gasteiger partial charge in [-0.3, -0.25) is 4.98 Å². The Balaban J connectivity index is 2.21. The molecule has 1 heterocycles. The smallest absolute Gasteiger partial charge is 0.148 e. The zero-order valence-electron chi connectivity index (χ0n) is 9.38. The first-order valence-corrected chi connectivity index (χ1v) is 5.29. The normalized spacial score (nSPS) is 16.5. The van der Waals surface area contributed by atoms with E-state index < -0.39 is 0 Å². The number of rotatable bonds is 2. The van der Waals surface area contributed by atoms with Gasteiger partial charge in [-0.2, -0.15) is 0 Å². The van der Waals surface area contributed by atoms with Crippen LogP contribution in [0.15, 0.2) is 12.3 Å². The van der Waals surface area contributed by atoms with Gasteiger partial charge < -0.3 is 4.74 Å². The Bertz CT molecular complexity index is 366. The summed E-state index contributed by atoms with van der Waals surface area (Å²) in [4.78, 5) is 4.13. The molecule has 3 heteroatoms. The molecule has 82 valence electrons. The van der Waals surface area contributed by atoms with Crippen LogP contribution in [0.5, 0.6) is 5.75 Å². The quantitative estimate of drug-likeness (QED) is 0.746. The van der Waals surface area contributed by atoms with Gasteiger partial charge in [0.05, 0.1) is 18.0 Å². The lowest BCUT2D eigenvalue weighted by Gasteiger charge is -2.18. The average Bonchev–Trinajstić information content (AvgIpc) is 2.85. The number of aromatic nitrogens is 1. The molecule has 15 heavy (non-hydrogen) atoms. The maximum atomic E-state index is 13.7. The van der Waals surface area contributed by atoms with Crippen LogP contribution in [0.3, 0.4) is 0 Å². The van der Waals surface area contributed by atoms with E-state index in [0.29, 0.717) is 11.4 Å². The molecule has 0 spiro atoms. The molecule has 0 aromatic carbocycles. The summed E-state index contributed by atoms with van der Waals surface area (Å²) in [5, 5.41) is 0. The van der Waals surface area contributed by atoms with Gasteiger partial charge >= 0.3 is 0 Å². The van der Waals surface area contributed by atoms with Crippen LogP contribution in [0.4, 0.5) is 4.39 Å². The predicted octanol–water partition coefficient (Wildman–Crippen LogP) is 3.06. The lowest BCUT2D eigenvalue weighted by atomic mass is 9.91. The second-order valence-corrected chi connectivity index (χ2v) is 5.07. The maximum Gasteiger partial charge on any atom is 0.148 e. The molecule has 1 aliphatic rings. The zero-order valence-corrected chi connectivity index (χ0v) is 9.38. The van der Waals surface area contributed by atoms with Crippen molar-refractivity contribution in [1.82, 2.24) is 4.98 Å². The molecule has 1 aliphatic carbocycles. The lowest BCUT2D eigenvalue weighted by Crippen LogP contribution is -2.16. The molecule has 0 unspecified atom stereocenters. The maximum absolute atomic E-state index is 13.7. The Labute approximate surface area is 89.5 Å². The fourth-order valence-electron chi connectivity index (χ4n) is 1.42. The van der Waals surface area contributed by atoms with Crippen molar-refractivity contribution in [2.45, 2.75) is 45.1 Å². The summed E-state index contributed by atoms with van der Waals surface area (Å²) in [6.07, 6.45) is 4.04. The largest absolute Gasteiger partial charge is 0.489 e. The first-order chi connectivity index (χ1) is 6.97. The molecule has 2 nitrogen and oxygen atoms in total. The molecule has 0 aliphatic heterocycles. The van der Waals surface area contributed by atoms with E-state index in [2.05, 4.69) is 4.98 Å². The molecule has 1 saturated carbocycles. The molecular formula is C12H16FNO. The molecule has 1 aromatic rings. The van der Waals surface area contributed by atoms with Crippen molar-refractivity contribution in [2.75, 3.05) is 0 Å². The number of hydrogen-bond acceptors (Lipinski definition) is 2. The fourth-order valence-corrected chi connectivity index (χ4v) is 1.42. The van der Waals surface area contributed by atoms with Gasteiger partial charge in [0.15, 0.2) is 0 Å². The molecule has 0 atom stereocenters. The third-order valence-corrected chi connectivity index (χ3v) is 2.35. The zero-order chi connectivity index (χ0) is 11.1. The summed E-state index contributed by atoms with van der Waals surface area (Å²) in [6, 6.07) is 1.44. The van der Waals surface area contributed by atoms with Crippen LogP contribution in [0.25, 0.3) is 0 Å². The first kappa shape index (κ1) is 10.4. The minimum atomic E-state index is -0.277. The number of nitrogens with zero attached hydrogens (tertiary/aromatic N) is 1. The van der Waals surface area contributed by atoms with E-state index in [9.17, 15) is 4.39 Å². The van der Waals surface area contributed by atoms with Crippen molar-refractivity contribution in [1.29, 1.82) is 0 Å². The predicted molar refractivity (Wildman–Crippen MR) is 56.5 cm³/mol. The van der Waals surface area contributed by atoms with E-state index in [0.717, 1.165) is 12.8 Å². The molecule has 1 fully saturated rings. The Morgan fingerprint density at radius 1 is 1.40 bits per heavy atom. The van der Waals surface area contributed by atoms with E-state index in [1.165, 1.54) is 6.07 Å². The highest BCUT2D eigenvalue weighted by Crippen LogP contribution is 2.29. The number of halogens is 1. The van der Waals surface area contributed by atoms with Crippen molar-refractivity contribution < 1.29 is 9.13 Å². The summed E-state index contributed by atoms with van der Waals surface area (Å²) in [6.45, 7) is 5.83.